The molecule has 0 aromatic carbocycles. The summed E-state index contributed by atoms with van der Waals surface area (Å²) in [4.78, 5) is 22.9. The van der Waals surface area contributed by atoms with Crippen LogP contribution < -0.4 is 10.1 Å². The van der Waals surface area contributed by atoms with Gasteiger partial charge in [0.1, 0.15) is 12.3 Å². The summed E-state index contributed by atoms with van der Waals surface area (Å²) in [5, 5.41) is 7.22. The number of aldehydes is 1. The average Bonchev–Trinajstić information content (AvgIpc) is 2.77. The van der Waals surface area contributed by atoms with E-state index in [2.05, 4.69) is 10.4 Å². The maximum absolute atomic E-state index is 11.9. The largest absolute Gasteiger partial charge is 0.478 e. The summed E-state index contributed by atoms with van der Waals surface area (Å²) in [6.07, 6.45) is 1.14. The Hall–Kier alpha value is -2.05. The number of carbonyl (C=O) groups excluding carboxylic acids is 2. The fourth-order valence-corrected chi connectivity index (χ4v) is 1.89. The second-order valence-electron chi connectivity index (χ2n) is 5.46. The molecule has 0 saturated carbocycles. The highest BCUT2D eigenvalue weighted by Crippen LogP contribution is 2.23. The first-order valence-corrected chi connectivity index (χ1v) is 6.80. The van der Waals surface area contributed by atoms with Crippen molar-refractivity contribution in [2.24, 2.45) is 12.5 Å². The van der Waals surface area contributed by atoms with Crippen LogP contribution in [0.4, 0.5) is 5.82 Å². The van der Waals surface area contributed by atoms with E-state index in [0.717, 1.165) is 6.29 Å². The first kappa shape index (κ1) is 17.0. The number of nitrogens with zero attached hydrogens (tertiary/aromatic N) is 2. The van der Waals surface area contributed by atoms with Crippen LogP contribution in [0, 0.1) is 5.41 Å². The molecule has 0 bridgehead atoms. The average molecular weight is 297 g/mol. The van der Waals surface area contributed by atoms with E-state index in [4.69, 9.17) is 9.47 Å². The lowest BCUT2D eigenvalue weighted by Gasteiger charge is -2.23. The summed E-state index contributed by atoms with van der Waals surface area (Å²) in [6.45, 7) is 5.94. The Labute approximate surface area is 124 Å². The van der Waals surface area contributed by atoms with Crippen LogP contribution in [0.3, 0.4) is 0 Å². The molecule has 118 valence electrons. The highest BCUT2D eigenvalue weighted by Gasteiger charge is 2.29. The molecule has 0 unspecified atom stereocenters. The molecule has 0 amide bonds. The van der Waals surface area contributed by atoms with Gasteiger partial charge in [0.15, 0.2) is 5.82 Å². The lowest BCUT2D eigenvalue weighted by Crippen LogP contribution is -2.36. The minimum Gasteiger partial charge on any atom is -0.478 e. The minimum atomic E-state index is -0.653. The number of carbonyl (C=O) groups is 2. The Morgan fingerprint density at radius 3 is 2.76 bits per heavy atom. The van der Waals surface area contributed by atoms with Crippen molar-refractivity contribution in [1.29, 1.82) is 0 Å². The van der Waals surface area contributed by atoms with Crippen LogP contribution in [-0.2, 0) is 21.4 Å². The zero-order valence-electron chi connectivity index (χ0n) is 13.2. The van der Waals surface area contributed by atoms with Crippen LogP contribution in [0.1, 0.15) is 27.2 Å². The van der Waals surface area contributed by atoms with E-state index >= 15 is 0 Å². The molecule has 1 atom stereocenters. The number of aryl methyl sites for hydroxylation is 1. The van der Waals surface area contributed by atoms with E-state index < -0.39 is 17.4 Å². The molecular formula is C14H23N3O4. The minimum absolute atomic E-state index is 0.309. The van der Waals surface area contributed by atoms with Gasteiger partial charge in [0.25, 0.3) is 0 Å². The molecule has 0 aliphatic heterocycles. The molecule has 1 heterocycles. The molecular weight excluding hydrogens is 274 g/mol. The monoisotopic (exact) mass is 297 g/mol. The molecule has 0 spiro atoms. The van der Waals surface area contributed by atoms with E-state index in [1.54, 1.807) is 31.6 Å². The van der Waals surface area contributed by atoms with Crippen LogP contribution in [0.2, 0.25) is 0 Å². The number of rotatable bonds is 8. The van der Waals surface area contributed by atoms with Crippen molar-refractivity contribution in [3.8, 4) is 5.88 Å². The third-order valence-corrected chi connectivity index (χ3v) is 2.99. The van der Waals surface area contributed by atoms with Gasteiger partial charge < -0.3 is 19.6 Å². The molecule has 1 aromatic rings. The molecule has 1 aromatic heterocycles. The zero-order chi connectivity index (χ0) is 16.0. The van der Waals surface area contributed by atoms with Crippen molar-refractivity contribution in [3.63, 3.8) is 0 Å². The number of methoxy groups -OCH3 is 1. The molecule has 0 aliphatic rings. The van der Waals surface area contributed by atoms with Crippen molar-refractivity contribution in [2.75, 3.05) is 19.0 Å². The first-order valence-electron chi connectivity index (χ1n) is 6.80. The van der Waals surface area contributed by atoms with Crippen LogP contribution in [0.5, 0.6) is 5.88 Å². The van der Waals surface area contributed by atoms with Crippen LogP contribution in [0.15, 0.2) is 6.07 Å². The molecule has 0 fully saturated rings. The fraction of sp³-hybridized carbons (Fsp3) is 0.643. The van der Waals surface area contributed by atoms with E-state index in [1.807, 2.05) is 6.92 Å². The van der Waals surface area contributed by atoms with E-state index in [9.17, 15) is 9.59 Å². The number of anilines is 1. The molecule has 0 radical (unpaired) electrons. The number of ether oxygens (including phenoxy) is 2. The molecule has 7 heteroatoms. The van der Waals surface area contributed by atoms with Gasteiger partial charge in [-0.05, 0) is 13.3 Å². The Kier molecular flexibility index (Phi) is 5.75. The highest BCUT2D eigenvalue weighted by atomic mass is 16.5. The van der Waals surface area contributed by atoms with E-state index in [-0.39, 0.29) is 0 Å². The maximum atomic E-state index is 11.9. The smallest absolute Gasteiger partial charge is 0.328 e. The third-order valence-electron chi connectivity index (χ3n) is 2.99. The van der Waals surface area contributed by atoms with E-state index in [0.29, 0.717) is 24.7 Å². The van der Waals surface area contributed by atoms with Gasteiger partial charge in [-0.25, -0.2) is 9.48 Å². The van der Waals surface area contributed by atoms with Crippen molar-refractivity contribution in [2.45, 2.75) is 33.2 Å². The van der Waals surface area contributed by atoms with Crippen LogP contribution in [0.25, 0.3) is 0 Å². The molecule has 7 nitrogen and oxygen atoms in total. The third kappa shape index (κ3) is 4.77. The predicted molar refractivity (Wildman–Crippen MR) is 78.3 cm³/mol. The van der Waals surface area contributed by atoms with Gasteiger partial charge in [0.2, 0.25) is 5.88 Å². The van der Waals surface area contributed by atoms with Crippen molar-refractivity contribution >= 4 is 18.1 Å². The number of nitrogens with one attached hydrogen (secondary N) is 1. The van der Waals surface area contributed by atoms with Crippen molar-refractivity contribution in [1.82, 2.24) is 9.78 Å². The van der Waals surface area contributed by atoms with Crippen LogP contribution in [-0.4, -0.2) is 41.8 Å². The van der Waals surface area contributed by atoms with Gasteiger partial charge >= 0.3 is 5.97 Å². The van der Waals surface area contributed by atoms with Gasteiger partial charge in [0.05, 0.1) is 13.7 Å². The number of esters is 1. The maximum Gasteiger partial charge on any atom is 0.328 e. The summed E-state index contributed by atoms with van der Waals surface area (Å²) in [5.74, 6) is 0.657. The summed E-state index contributed by atoms with van der Waals surface area (Å²) in [6, 6.07) is 1.05. The Balaban J connectivity index is 2.88. The zero-order valence-corrected chi connectivity index (χ0v) is 13.2. The molecule has 0 aliphatic carbocycles. The summed E-state index contributed by atoms with van der Waals surface area (Å²) >= 11 is 0. The van der Waals surface area contributed by atoms with Gasteiger partial charge in [0, 0.05) is 18.5 Å². The topological polar surface area (TPSA) is 82.4 Å². The first-order chi connectivity index (χ1) is 9.82. The van der Waals surface area contributed by atoms with Crippen LogP contribution >= 0.6 is 0 Å². The Bertz CT molecular complexity index is 496. The van der Waals surface area contributed by atoms with Gasteiger partial charge in [-0.3, -0.25) is 0 Å². The highest BCUT2D eigenvalue weighted by molar-refractivity contribution is 5.79. The molecule has 21 heavy (non-hydrogen) atoms. The normalized spacial score (nSPS) is 12.6. The second-order valence-corrected chi connectivity index (χ2v) is 5.46. The van der Waals surface area contributed by atoms with Gasteiger partial charge in [-0.2, -0.15) is 5.10 Å². The van der Waals surface area contributed by atoms with E-state index in [1.165, 1.54) is 7.11 Å². The molecule has 1 N–H and O–H groups in total. The quantitative estimate of drug-likeness (QED) is 0.577. The fourth-order valence-electron chi connectivity index (χ4n) is 1.89. The summed E-state index contributed by atoms with van der Waals surface area (Å²) < 4.78 is 11.7. The van der Waals surface area contributed by atoms with Crippen molar-refractivity contribution < 1.29 is 19.1 Å². The summed E-state index contributed by atoms with van der Waals surface area (Å²) in [5.41, 5.74) is -0.636. The number of aromatic nitrogens is 2. The second kappa shape index (κ2) is 7.10. The molecule has 1 rings (SSSR count). The molecule has 0 saturated heterocycles. The lowest BCUT2D eigenvalue weighted by molar-refractivity contribution is -0.142. The standard InChI is InChI=1S/C14H23N3O4/c1-6-21-12-7-11(16-17(12)4)15-10(13(19)20-5)8-14(2,3)9-18/h7,9-10H,6,8H2,1-5H3,(H,15,16)/t10-/m0/s1. The van der Waals surface area contributed by atoms with Gasteiger partial charge in [-0.1, -0.05) is 13.8 Å². The Morgan fingerprint density at radius 2 is 2.24 bits per heavy atom. The SMILES string of the molecule is CCOc1cc(N[C@@H](CC(C)(C)C=O)C(=O)OC)nn1C. The van der Waals surface area contributed by atoms with Crippen molar-refractivity contribution in [3.05, 3.63) is 6.07 Å². The van der Waals surface area contributed by atoms with Gasteiger partial charge in [-0.15, -0.1) is 0 Å². The number of hydrogen-bond acceptors (Lipinski definition) is 6. The number of hydrogen-bond donors (Lipinski definition) is 1. The Morgan fingerprint density at radius 1 is 1.57 bits per heavy atom. The predicted octanol–water partition coefficient (Wildman–Crippen LogP) is 1.39. The summed E-state index contributed by atoms with van der Waals surface area (Å²) in [7, 11) is 3.06. The lowest BCUT2D eigenvalue weighted by atomic mass is 9.87.